The second-order valence-electron chi connectivity index (χ2n) is 5.64. The van der Waals surface area contributed by atoms with E-state index in [1.165, 1.54) is 0 Å². The smallest absolute Gasteiger partial charge is 0.179 e. The number of anilines is 2. The van der Waals surface area contributed by atoms with Gasteiger partial charge in [-0.3, -0.25) is 0 Å². The molecule has 0 bridgehead atoms. The van der Waals surface area contributed by atoms with Crippen LogP contribution in [-0.4, -0.2) is 70.9 Å². The van der Waals surface area contributed by atoms with Crippen molar-refractivity contribution in [1.82, 2.24) is 19.8 Å². The molecule has 1 aliphatic heterocycles. The monoisotopic (exact) mass is 320 g/mol. The first-order valence-corrected chi connectivity index (χ1v) is 8.23. The van der Waals surface area contributed by atoms with Crippen LogP contribution < -0.4 is 9.80 Å². The van der Waals surface area contributed by atoms with Crippen LogP contribution >= 0.6 is 0 Å². The quantitative estimate of drug-likeness (QED) is 0.798. The standard InChI is InChI=1S/C15H24N6O2/c1-2-3-4-20(5-8-22)15-11-13(19-6-9-23-10-7-19)17-14-12-16-18-21(14)15/h11-12,22H,2-10H2,1H3. The van der Waals surface area contributed by atoms with Crippen LogP contribution in [0.25, 0.3) is 5.65 Å². The summed E-state index contributed by atoms with van der Waals surface area (Å²) in [5.74, 6) is 1.84. The summed E-state index contributed by atoms with van der Waals surface area (Å²) in [6.07, 6.45) is 3.83. The Labute approximate surface area is 135 Å². The lowest BCUT2D eigenvalue weighted by Crippen LogP contribution is -2.37. The van der Waals surface area contributed by atoms with Crippen molar-refractivity contribution in [3.63, 3.8) is 0 Å². The summed E-state index contributed by atoms with van der Waals surface area (Å²) in [6.45, 7) is 6.81. The van der Waals surface area contributed by atoms with Crippen molar-refractivity contribution in [2.45, 2.75) is 19.8 Å². The van der Waals surface area contributed by atoms with Crippen molar-refractivity contribution in [3.05, 3.63) is 12.3 Å². The van der Waals surface area contributed by atoms with E-state index < -0.39 is 0 Å². The van der Waals surface area contributed by atoms with Gasteiger partial charge in [-0.05, 0) is 6.42 Å². The van der Waals surface area contributed by atoms with Gasteiger partial charge >= 0.3 is 0 Å². The van der Waals surface area contributed by atoms with Crippen molar-refractivity contribution in [2.24, 2.45) is 0 Å². The van der Waals surface area contributed by atoms with Crippen LogP contribution in [0.5, 0.6) is 0 Å². The van der Waals surface area contributed by atoms with E-state index in [4.69, 9.17) is 4.74 Å². The summed E-state index contributed by atoms with van der Waals surface area (Å²) in [5, 5.41) is 17.6. The lowest BCUT2D eigenvalue weighted by molar-refractivity contribution is 0.122. The van der Waals surface area contributed by atoms with Gasteiger partial charge in [-0.15, -0.1) is 5.10 Å². The first-order chi connectivity index (χ1) is 11.3. The lowest BCUT2D eigenvalue weighted by atomic mass is 10.3. The minimum absolute atomic E-state index is 0.106. The maximum absolute atomic E-state index is 9.41. The van der Waals surface area contributed by atoms with Gasteiger partial charge in [-0.1, -0.05) is 18.6 Å². The van der Waals surface area contributed by atoms with E-state index in [-0.39, 0.29) is 6.61 Å². The van der Waals surface area contributed by atoms with E-state index in [1.807, 2.05) is 6.07 Å². The zero-order valence-electron chi connectivity index (χ0n) is 13.6. The number of aliphatic hydroxyl groups excluding tert-OH is 1. The molecule has 0 aliphatic carbocycles. The minimum atomic E-state index is 0.106. The molecule has 23 heavy (non-hydrogen) atoms. The number of nitrogens with zero attached hydrogens (tertiary/aromatic N) is 6. The third kappa shape index (κ3) is 3.53. The van der Waals surface area contributed by atoms with Crippen LogP contribution in [0, 0.1) is 0 Å². The Balaban J connectivity index is 1.97. The normalized spacial score (nSPS) is 15.3. The number of aromatic nitrogens is 4. The van der Waals surface area contributed by atoms with Gasteiger partial charge < -0.3 is 19.6 Å². The number of fused-ring (bicyclic) bond motifs is 1. The molecule has 2 aromatic heterocycles. The fourth-order valence-corrected chi connectivity index (χ4v) is 2.79. The molecular weight excluding hydrogens is 296 g/mol. The highest BCUT2D eigenvalue weighted by atomic mass is 16.5. The maximum atomic E-state index is 9.41. The second kappa shape index (κ2) is 7.56. The van der Waals surface area contributed by atoms with E-state index in [0.29, 0.717) is 6.54 Å². The molecule has 8 heteroatoms. The summed E-state index contributed by atoms with van der Waals surface area (Å²) in [6, 6.07) is 2.04. The molecule has 1 saturated heterocycles. The largest absolute Gasteiger partial charge is 0.395 e. The molecule has 0 saturated carbocycles. The number of hydrogen-bond acceptors (Lipinski definition) is 7. The Bertz CT molecular complexity index is 625. The molecule has 0 spiro atoms. The Kier molecular flexibility index (Phi) is 5.24. The van der Waals surface area contributed by atoms with Gasteiger partial charge in [0.15, 0.2) is 5.65 Å². The third-order valence-corrected chi connectivity index (χ3v) is 4.05. The van der Waals surface area contributed by atoms with Crippen LogP contribution in [0.1, 0.15) is 19.8 Å². The molecule has 8 nitrogen and oxygen atoms in total. The van der Waals surface area contributed by atoms with Crippen molar-refractivity contribution >= 4 is 17.3 Å². The average molecular weight is 320 g/mol. The van der Waals surface area contributed by atoms with Gasteiger partial charge in [-0.2, -0.15) is 4.52 Å². The fraction of sp³-hybridized carbons (Fsp3) is 0.667. The average Bonchev–Trinajstić information content (AvgIpc) is 3.07. The number of hydrogen-bond donors (Lipinski definition) is 1. The SMILES string of the molecule is CCCCN(CCO)c1cc(N2CCOCC2)nc2cnnn12. The predicted molar refractivity (Wildman–Crippen MR) is 88.0 cm³/mol. The zero-order chi connectivity index (χ0) is 16.1. The zero-order valence-corrected chi connectivity index (χ0v) is 13.6. The molecular formula is C15H24N6O2. The molecule has 0 atom stereocenters. The second-order valence-corrected chi connectivity index (χ2v) is 5.64. The molecule has 126 valence electrons. The molecule has 0 radical (unpaired) electrons. The Hall–Kier alpha value is -1.93. The number of unbranched alkanes of at least 4 members (excludes halogenated alkanes) is 1. The van der Waals surface area contributed by atoms with Gasteiger partial charge in [0.2, 0.25) is 0 Å². The van der Waals surface area contributed by atoms with Crippen molar-refractivity contribution < 1.29 is 9.84 Å². The molecule has 0 unspecified atom stereocenters. The van der Waals surface area contributed by atoms with Crippen LogP contribution in [0.3, 0.4) is 0 Å². The van der Waals surface area contributed by atoms with Crippen LogP contribution in [0.15, 0.2) is 12.3 Å². The Morgan fingerprint density at radius 3 is 2.87 bits per heavy atom. The Morgan fingerprint density at radius 2 is 2.13 bits per heavy atom. The highest BCUT2D eigenvalue weighted by Gasteiger charge is 2.18. The van der Waals surface area contributed by atoms with Gasteiger partial charge in [0.1, 0.15) is 11.6 Å². The molecule has 0 amide bonds. The van der Waals surface area contributed by atoms with E-state index in [0.717, 1.165) is 63.0 Å². The summed E-state index contributed by atoms with van der Waals surface area (Å²) in [4.78, 5) is 9.03. The highest BCUT2D eigenvalue weighted by Crippen LogP contribution is 2.23. The number of ether oxygens (including phenoxy) is 1. The number of aliphatic hydroxyl groups is 1. The third-order valence-electron chi connectivity index (χ3n) is 4.05. The first-order valence-electron chi connectivity index (χ1n) is 8.23. The molecule has 1 N–H and O–H groups in total. The van der Waals surface area contributed by atoms with Crippen LogP contribution in [0.4, 0.5) is 11.6 Å². The number of morpholine rings is 1. The summed E-state index contributed by atoms with van der Waals surface area (Å²) in [7, 11) is 0. The first kappa shape index (κ1) is 15.9. The fourth-order valence-electron chi connectivity index (χ4n) is 2.79. The van der Waals surface area contributed by atoms with E-state index >= 15 is 0 Å². The summed E-state index contributed by atoms with van der Waals surface area (Å²) in [5.41, 5.74) is 0.725. The van der Waals surface area contributed by atoms with Gasteiger partial charge in [0.05, 0.1) is 26.0 Å². The van der Waals surface area contributed by atoms with Crippen molar-refractivity contribution in [3.8, 4) is 0 Å². The van der Waals surface area contributed by atoms with Crippen molar-refractivity contribution in [1.29, 1.82) is 0 Å². The van der Waals surface area contributed by atoms with Gasteiger partial charge in [0.25, 0.3) is 0 Å². The molecule has 1 aliphatic rings. The molecule has 0 aromatic carbocycles. The molecule has 3 rings (SSSR count). The van der Waals surface area contributed by atoms with E-state index in [2.05, 4.69) is 32.0 Å². The predicted octanol–water partition coefficient (Wildman–Crippen LogP) is 0.560. The van der Waals surface area contributed by atoms with E-state index in [9.17, 15) is 5.11 Å². The van der Waals surface area contributed by atoms with Gasteiger partial charge in [-0.25, -0.2) is 4.98 Å². The molecule has 1 fully saturated rings. The molecule has 3 heterocycles. The lowest BCUT2D eigenvalue weighted by Gasteiger charge is -2.30. The molecule has 2 aromatic rings. The van der Waals surface area contributed by atoms with Crippen LogP contribution in [0.2, 0.25) is 0 Å². The summed E-state index contributed by atoms with van der Waals surface area (Å²) < 4.78 is 7.17. The van der Waals surface area contributed by atoms with Crippen LogP contribution in [-0.2, 0) is 4.74 Å². The summed E-state index contributed by atoms with van der Waals surface area (Å²) >= 11 is 0. The Morgan fingerprint density at radius 1 is 1.30 bits per heavy atom. The van der Waals surface area contributed by atoms with Crippen molar-refractivity contribution in [2.75, 3.05) is 55.8 Å². The van der Waals surface area contributed by atoms with E-state index in [1.54, 1.807) is 10.7 Å². The van der Waals surface area contributed by atoms with Gasteiger partial charge in [0, 0.05) is 32.2 Å². The number of rotatable bonds is 7. The minimum Gasteiger partial charge on any atom is -0.395 e. The highest BCUT2D eigenvalue weighted by molar-refractivity contribution is 5.58. The maximum Gasteiger partial charge on any atom is 0.179 e. The topological polar surface area (TPSA) is 79.0 Å².